The van der Waals surface area contributed by atoms with E-state index in [0.29, 0.717) is 43.3 Å². The zero-order valence-electron chi connectivity index (χ0n) is 61.5. The molecule has 4 N–H and O–H groups in total. The first-order chi connectivity index (χ1) is 41.4. The van der Waals surface area contributed by atoms with Crippen LogP contribution in [0.25, 0.3) is 0 Å². The summed E-state index contributed by atoms with van der Waals surface area (Å²) in [5, 5.41) is 5.03. The predicted molar refractivity (Wildman–Crippen MR) is 372 cm³/mol. The topological polar surface area (TPSA) is 197 Å². The average Bonchev–Trinajstić information content (AvgIpc) is 3.60. The number of nitrogens with two attached hydrogens (primary N) is 2. The van der Waals surface area contributed by atoms with E-state index in [1.807, 2.05) is 52.4 Å². The van der Waals surface area contributed by atoms with Crippen LogP contribution in [0.4, 0.5) is 4.79 Å². The summed E-state index contributed by atoms with van der Waals surface area (Å²) in [7, 11) is 2.66. The summed E-state index contributed by atoms with van der Waals surface area (Å²) in [5.41, 5.74) is 5.18. The van der Waals surface area contributed by atoms with Crippen molar-refractivity contribution in [2.45, 2.75) is 215 Å². The van der Waals surface area contributed by atoms with Crippen LogP contribution in [-0.2, 0) is 29.4 Å². The second-order valence-electron chi connectivity index (χ2n) is 30.8. The third-order valence-electron chi connectivity index (χ3n) is 21.1. The Kier molecular flexibility index (Phi) is 40.6. The number of piperidine rings is 7. The second-order valence-corrected chi connectivity index (χ2v) is 32.4. The molecule has 0 aromatic heterocycles. The number of nitrogens with zero attached hydrogens (tertiary/aromatic N) is 8. The van der Waals surface area contributed by atoms with Crippen LogP contribution in [0.3, 0.4) is 0 Å². The van der Waals surface area contributed by atoms with Crippen LogP contribution in [0.15, 0.2) is 0 Å². The van der Waals surface area contributed by atoms with E-state index in [1.54, 1.807) is 18.7 Å². The zero-order chi connectivity index (χ0) is 68.0. The number of hydrogen-bond donors (Lipinski definition) is 2. The van der Waals surface area contributed by atoms with Gasteiger partial charge in [0.1, 0.15) is 0 Å². The molecule has 17 nitrogen and oxygen atoms in total. The average molecular weight is 1280 g/mol. The molecule has 0 spiro atoms. The van der Waals surface area contributed by atoms with E-state index in [2.05, 4.69) is 116 Å². The van der Waals surface area contributed by atoms with Gasteiger partial charge in [-0.25, -0.2) is 9.93 Å². The summed E-state index contributed by atoms with van der Waals surface area (Å²) in [6.45, 7) is 55.1. The van der Waals surface area contributed by atoms with Crippen LogP contribution in [-0.4, -0.2) is 196 Å². The third kappa shape index (κ3) is 33.6. The van der Waals surface area contributed by atoms with Crippen LogP contribution < -0.4 is 10.9 Å². The van der Waals surface area contributed by atoms with Crippen molar-refractivity contribution in [3.63, 3.8) is 0 Å². The van der Waals surface area contributed by atoms with Crippen LogP contribution in [0.5, 0.6) is 0 Å². The molecule has 6 amide bonds. The molecule has 7 heterocycles. The Hall–Kier alpha value is -3.06. The normalized spacial score (nSPS) is 22.0. The van der Waals surface area contributed by atoms with E-state index in [9.17, 15) is 32.4 Å². The van der Waals surface area contributed by atoms with Gasteiger partial charge in [-0.05, 0) is 206 Å². The smallest absolute Gasteiger partial charge is 0.314 e. The zero-order valence-corrected chi connectivity index (χ0v) is 62.4. The van der Waals surface area contributed by atoms with E-state index in [1.165, 1.54) is 75.2 Å². The standard InChI is InChI=1S/C12H24N2O.C12H23NO.C11H21NO.C10H19NO.C9H18N2O.C9H19N.C8H18N2O2S/c1-10(2)11-5-7-14(8-6-11)12(15)9-13(3)4;1-9(2)11-5-7-13(8-6-11)12(14)10(3)4;1-8(2)11-5-6-12(10(4)13)7-9(11)3;1-8(2)10-4-6-11(7-5-10)9(3)12;1-7(2)8-3-5-11(6-4-8)9(10)12;1-8(2)9-4-6-10(3)7-5-9;1-7(2)8-3-5-10(6-4-8)13(9,11)12/h10-11H,5-9H2,1-4H3;9-11H,5-8H2,1-4H3;8-9,11H,5-7H2,1-4H3;8,10H,4-7H2,1-3H3;7-8H,3-6H2,1-2H3,(H2,10,12);8-9H,4-7H2,1-3H3;7-8H,3-6H2,1-2H3,(H2,9,11,12). The summed E-state index contributed by atoms with van der Waals surface area (Å²) in [6.07, 6.45) is 15.2. The molecule has 18 heteroatoms. The minimum absolute atomic E-state index is 0.158. The number of carbonyl (C=O) groups excluding carboxylic acids is 5. The number of carbonyl (C=O) groups is 5. The fourth-order valence-corrected chi connectivity index (χ4v) is 14.7. The molecule has 0 radical (unpaired) electrons. The van der Waals surface area contributed by atoms with Gasteiger partial charge < -0.3 is 40.0 Å². The van der Waals surface area contributed by atoms with Gasteiger partial charge in [-0.3, -0.25) is 19.2 Å². The first kappa shape index (κ1) is 84.0. The van der Waals surface area contributed by atoms with Gasteiger partial charge in [-0.2, -0.15) is 12.7 Å². The highest BCUT2D eigenvalue weighted by Crippen LogP contribution is 2.31. The van der Waals surface area contributed by atoms with Crippen molar-refractivity contribution in [1.82, 2.24) is 38.6 Å². The predicted octanol–water partition coefficient (Wildman–Crippen LogP) is 12.0. The van der Waals surface area contributed by atoms with Crippen molar-refractivity contribution in [3.8, 4) is 0 Å². The van der Waals surface area contributed by atoms with Crippen molar-refractivity contribution < 1.29 is 32.4 Å². The molecule has 7 aliphatic rings. The lowest BCUT2D eigenvalue weighted by molar-refractivity contribution is -0.136. The molecule has 89 heavy (non-hydrogen) atoms. The summed E-state index contributed by atoms with van der Waals surface area (Å²) in [6, 6.07) is -0.266. The molecule has 2 atom stereocenters. The number of primary amides is 1. The molecule has 7 saturated heterocycles. The van der Waals surface area contributed by atoms with Gasteiger partial charge in [0.15, 0.2) is 0 Å². The van der Waals surface area contributed by atoms with E-state index < -0.39 is 10.2 Å². The minimum atomic E-state index is -3.44. The maximum Gasteiger partial charge on any atom is 0.314 e. The highest BCUT2D eigenvalue weighted by atomic mass is 32.2. The third-order valence-corrected chi connectivity index (χ3v) is 22.2. The van der Waals surface area contributed by atoms with Crippen LogP contribution in [0.2, 0.25) is 0 Å². The summed E-state index contributed by atoms with van der Waals surface area (Å²) < 4.78 is 23.3. The van der Waals surface area contributed by atoms with E-state index in [-0.39, 0.29) is 29.7 Å². The molecule has 0 aliphatic carbocycles. The Morgan fingerprint density at radius 3 is 0.989 bits per heavy atom. The summed E-state index contributed by atoms with van der Waals surface area (Å²) >= 11 is 0. The lowest BCUT2D eigenvalue weighted by atomic mass is 9.79. The maximum absolute atomic E-state index is 11.8. The van der Waals surface area contributed by atoms with Crippen LogP contribution in [0, 0.1) is 94.7 Å². The lowest BCUT2D eigenvalue weighted by Gasteiger charge is -2.38. The number of hydrogen-bond acceptors (Lipinski definition) is 9. The van der Waals surface area contributed by atoms with Crippen molar-refractivity contribution in [1.29, 1.82) is 0 Å². The van der Waals surface area contributed by atoms with Gasteiger partial charge in [-0.1, -0.05) is 118 Å². The van der Waals surface area contributed by atoms with Gasteiger partial charge in [0.05, 0.1) is 6.54 Å². The highest BCUT2D eigenvalue weighted by molar-refractivity contribution is 7.86. The molecule has 0 saturated carbocycles. The fraction of sp³-hybridized carbons (Fsp3) is 0.930. The van der Waals surface area contributed by atoms with E-state index >= 15 is 0 Å². The van der Waals surface area contributed by atoms with Crippen molar-refractivity contribution in [2.24, 2.45) is 106 Å². The van der Waals surface area contributed by atoms with Gasteiger partial charge >= 0.3 is 6.03 Å². The first-order valence-corrected chi connectivity index (χ1v) is 37.1. The number of urea groups is 1. The SMILES string of the molecule is CC(=O)N1CCC(C(C)C)C(C)C1.CC(=O)N1CCC(C(C)C)CC1.CC(C)C(=O)N1CCC(C(C)C)CC1.CC(C)C1CCN(C(=O)CN(C)C)CC1.CC(C)C1CCN(C(N)=O)CC1.CC(C)C1CCN(C)CC1.CC(C)C1CCN(S(N)(=O)=O)CC1. The largest absolute Gasteiger partial charge is 0.351 e. The van der Waals surface area contributed by atoms with Crippen LogP contribution in [0.1, 0.15) is 215 Å². The van der Waals surface area contributed by atoms with Crippen LogP contribution >= 0.6 is 0 Å². The number of rotatable bonds is 11. The van der Waals surface area contributed by atoms with Crippen molar-refractivity contribution in [2.75, 3.05) is 119 Å². The molecule has 0 bridgehead atoms. The fourth-order valence-electron chi connectivity index (χ4n) is 13.9. The molecule has 2 unspecified atom stereocenters. The Bertz CT molecular complexity index is 2020. The second kappa shape index (κ2) is 43.0. The van der Waals surface area contributed by atoms with Gasteiger partial charge in [0, 0.05) is 98.3 Å². The molecule has 7 fully saturated rings. The van der Waals surface area contributed by atoms with Gasteiger partial charge in [0.25, 0.3) is 10.2 Å². The molecule has 0 aromatic rings. The highest BCUT2D eigenvalue weighted by Gasteiger charge is 2.31. The molecular formula is C71H142N10O7S. The summed E-state index contributed by atoms with van der Waals surface area (Å²) in [4.78, 5) is 70.5. The Morgan fingerprint density at radius 2 is 0.719 bits per heavy atom. The van der Waals surface area contributed by atoms with E-state index in [0.717, 1.165) is 162 Å². The lowest BCUT2D eigenvalue weighted by Crippen LogP contribution is -2.43. The van der Waals surface area contributed by atoms with Gasteiger partial charge in [0.2, 0.25) is 23.6 Å². The molecular weight excluding hydrogens is 1140 g/mol. The van der Waals surface area contributed by atoms with Gasteiger partial charge in [-0.15, -0.1) is 0 Å². The first-order valence-electron chi connectivity index (χ1n) is 35.6. The Balaban J connectivity index is 0.000000521. The number of amides is 6. The summed E-state index contributed by atoms with van der Waals surface area (Å²) in [5.74, 6) is 12.9. The quantitative estimate of drug-likeness (QED) is 0.202. The van der Waals surface area contributed by atoms with Crippen molar-refractivity contribution in [3.05, 3.63) is 0 Å². The maximum atomic E-state index is 11.8. The Morgan fingerprint density at radius 1 is 0.427 bits per heavy atom. The monoisotopic (exact) mass is 1280 g/mol. The van der Waals surface area contributed by atoms with Crippen molar-refractivity contribution >= 4 is 39.9 Å². The van der Waals surface area contributed by atoms with E-state index in [4.69, 9.17) is 10.9 Å². The minimum Gasteiger partial charge on any atom is -0.351 e. The molecule has 7 rings (SSSR count). The molecule has 524 valence electrons. The molecule has 7 aliphatic heterocycles. The molecule has 0 aromatic carbocycles. The number of likely N-dealkylation sites (tertiary alicyclic amines) is 6. The Labute approximate surface area is 548 Å². The number of likely N-dealkylation sites (N-methyl/N-ethyl adjacent to an activating group) is 1.